The fourth-order valence-corrected chi connectivity index (χ4v) is 3.10. The minimum Gasteiger partial charge on any atom is -0.294 e. The quantitative estimate of drug-likeness (QED) is 0.486. The van der Waals surface area contributed by atoms with E-state index in [1.54, 1.807) is 0 Å². The smallest absolute Gasteiger partial charge is 0.165 e. The second-order valence-corrected chi connectivity index (χ2v) is 6.91. The van der Waals surface area contributed by atoms with Crippen LogP contribution in [0.4, 0.5) is 0 Å². The fourth-order valence-electron chi connectivity index (χ4n) is 2.83. The lowest BCUT2D eigenvalue weighted by Gasteiger charge is -2.21. The van der Waals surface area contributed by atoms with Crippen molar-refractivity contribution in [1.29, 1.82) is 0 Å². The molecule has 0 heterocycles. The molecule has 1 fully saturated rings. The van der Waals surface area contributed by atoms with Crippen LogP contribution < -0.4 is 0 Å². The van der Waals surface area contributed by atoms with Gasteiger partial charge in [-0.05, 0) is 44.4 Å². The maximum atomic E-state index is 12.7. The number of rotatable bonds is 4. The highest BCUT2D eigenvalue weighted by Crippen LogP contribution is 2.28. The van der Waals surface area contributed by atoms with Gasteiger partial charge in [-0.2, -0.15) is 0 Å². The van der Waals surface area contributed by atoms with Crippen LogP contribution in [0.2, 0.25) is 0 Å². The Morgan fingerprint density at radius 2 is 1.71 bits per heavy atom. The molecule has 0 amide bonds. The summed E-state index contributed by atoms with van der Waals surface area (Å²) >= 11 is 3.44. The van der Waals surface area contributed by atoms with Gasteiger partial charge in [-0.1, -0.05) is 65.1 Å². The lowest BCUT2D eigenvalue weighted by molar-refractivity contribution is -0.119. The van der Waals surface area contributed by atoms with Gasteiger partial charge in [0.1, 0.15) is 0 Å². The number of hydrogen-bond acceptors (Lipinski definition) is 1. The Hall–Kier alpha value is -1.15. The van der Waals surface area contributed by atoms with Crippen molar-refractivity contribution in [2.75, 3.05) is 0 Å². The zero-order chi connectivity index (χ0) is 15.2. The van der Waals surface area contributed by atoms with Crippen molar-refractivity contribution in [3.63, 3.8) is 0 Å². The van der Waals surface area contributed by atoms with Gasteiger partial charge in [-0.15, -0.1) is 0 Å². The summed E-state index contributed by atoms with van der Waals surface area (Å²) in [5.74, 6) is 0.571. The number of benzene rings is 1. The van der Waals surface area contributed by atoms with E-state index in [0.717, 1.165) is 34.0 Å². The number of halogens is 1. The third kappa shape index (κ3) is 4.67. The molecule has 1 aliphatic carbocycles. The van der Waals surface area contributed by atoms with Gasteiger partial charge in [0.25, 0.3) is 0 Å². The van der Waals surface area contributed by atoms with Crippen LogP contribution in [-0.4, -0.2) is 5.78 Å². The molecule has 0 aromatic heterocycles. The van der Waals surface area contributed by atoms with Gasteiger partial charge in [0.2, 0.25) is 0 Å². The van der Waals surface area contributed by atoms with E-state index in [1.165, 1.54) is 19.3 Å². The van der Waals surface area contributed by atoms with E-state index in [0.29, 0.717) is 5.78 Å². The number of Topliss-reactive ketones (excluding diaryl/α,β-unsaturated/α-hetero) is 1. The largest absolute Gasteiger partial charge is 0.294 e. The Morgan fingerprint density at radius 1 is 1.10 bits per heavy atom. The first-order valence-electron chi connectivity index (χ1n) is 7.73. The molecule has 1 nitrogen and oxygen atoms in total. The molecule has 0 atom stereocenters. The number of ketones is 1. The van der Waals surface area contributed by atoms with Gasteiger partial charge in [0.05, 0.1) is 0 Å². The van der Waals surface area contributed by atoms with E-state index >= 15 is 0 Å². The van der Waals surface area contributed by atoms with Crippen molar-refractivity contribution in [1.82, 2.24) is 0 Å². The van der Waals surface area contributed by atoms with Crippen LogP contribution in [0.1, 0.15) is 51.5 Å². The molecule has 112 valence electrons. The number of hydrogen-bond donors (Lipinski definition) is 0. The van der Waals surface area contributed by atoms with Crippen LogP contribution in [0.5, 0.6) is 0 Å². The van der Waals surface area contributed by atoms with Gasteiger partial charge >= 0.3 is 0 Å². The standard InChI is InChI=1S/C19H23BrO/c1-14(2)18(19(21)16-6-4-3-5-7-16)13-10-15-8-11-17(20)12-9-15/h8-13,16H,3-7H2,1-2H3/b13-10+. The molecule has 0 unspecified atom stereocenters. The van der Waals surface area contributed by atoms with E-state index in [9.17, 15) is 4.79 Å². The van der Waals surface area contributed by atoms with Crippen molar-refractivity contribution in [3.05, 3.63) is 51.5 Å². The Kier molecular flexibility index (Phi) is 5.98. The molecule has 1 aromatic rings. The molecule has 2 heteroatoms. The minimum absolute atomic E-state index is 0.234. The predicted octanol–water partition coefficient (Wildman–Crippen LogP) is 5.95. The zero-order valence-electron chi connectivity index (χ0n) is 12.9. The monoisotopic (exact) mass is 346 g/mol. The Bertz CT molecular complexity index is 541. The Balaban J connectivity index is 2.14. The van der Waals surface area contributed by atoms with E-state index < -0.39 is 0 Å². The number of carbonyl (C=O) groups excluding carboxylic acids is 1. The molecule has 0 spiro atoms. The average molecular weight is 347 g/mol. The summed E-state index contributed by atoms with van der Waals surface area (Å²) < 4.78 is 1.07. The maximum Gasteiger partial charge on any atom is 0.165 e. The Labute approximate surface area is 136 Å². The molecular formula is C19H23BrO. The summed E-state index contributed by atoms with van der Waals surface area (Å²) in [6, 6.07) is 8.14. The van der Waals surface area contributed by atoms with Crippen LogP contribution >= 0.6 is 15.9 Å². The number of allylic oxidation sites excluding steroid dienone is 3. The third-order valence-electron chi connectivity index (χ3n) is 4.09. The maximum absolute atomic E-state index is 12.7. The van der Waals surface area contributed by atoms with Crippen molar-refractivity contribution >= 4 is 27.8 Å². The molecule has 2 rings (SSSR count). The molecule has 0 bridgehead atoms. The summed E-state index contributed by atoms with van der Waals surface area (Å²) in [6.45, 7) is 4.06. The highest BCUT2D eigenvalue weighted by molar-refractivity contribution is 9.10. The summed E-state index contributed by atoms with van der Waals surface area (Å²) in [6.07, 6.45) is 9.82. The topological polar surface area (TPSA) is 17.1 Å². The highest BCUT2D eigenvalue weighted by Gasteiger charge is 2.23. The molecule has 0 radical (unpaired) electrons. The van der Waals surface area contributed by atoms with Gasteiger partial charge < -0.3 is 0 Å². The van der Waals surface area contributed by atoms with Crippen LogP contribution in [-0.2, 0) is 4.79 Å². The predicted molar refractivity (Wildman–Crippen MR) is 93.1 cm³/mol. The zero-order valence-corrected chi connectivity index (χ0v) is 14.4. The number of carbonyl (C=O) groups is 1. The SMILES string of the molecule is CC(C)=C(/C=C/c1ccc(Br)cc1)C(=O)C1CCCCC1. The minimum atomic E-state index is 0.234. The van der Waals surface area contributed by atoms with Crippen molar-refractivity contribution < 1.29 is 4.79 Å². The lowest BCUT2D eigenvalue weighted by Crippen LogP contribution is -2.19. The molecule has 1 aromatic carbocycles. The van der Waals surface area contributed by atoms with Crippen molar-refractivity contribution in [3.8, 4) is 0 Å². The highest BCUT2D eigenvalue weighted by atomic mass is 79.9. The van der Waals surface area contributed by atoms with Gasteiger partial charge in [-0.25, -0.2) is 0 Å². The normalized spacial score (nSPS) is 16.1. The summed E-state index contributed by atoms with van der Waals surface area (Å²) in [5.41, 5.74) is 3.12. The Morgan fingerprint density at radius 3 is 2.29 bits per heavy atom. The second-order valence-electron chi connectivity index (χ2n) is 6.00. The fraction of sp³-hybridized carbons (Fsp3) is 0.421. The van der Waals surface area contributed by atoms with E-state index in [-0.39, 0.29) is 5.92 Å². The van der Waals surface area contributed by atoms with Crippen molar-refractivity contribution in [2.24, 2.45) is 5.92 Å². The molecule has 0 N–H and O–H groups in total. The van der Waals surface area contributed by atoms with Gasteiger partial charge in [0, 0.05) is 16.0 Å². The molecule has 21 heavy (non-hydrogen) atoms. The first-order valence-corrected chi connectivity index (χ1v) is 8.52. The van der Waals surface area contributed by atoms with Crippen molar-refractivity contribution in [2.45, 2.75) is 46.0 Å². The van der Waals surface area contributed by atoms with Crippen LogP contribution in [0.25, 0.3) is 6.08 Å². The van der Waals surface area contributed by atoms with E-state index in [2.05, 4.69) is 15.9 Å². The third-order valence-corrected chi connectivity index (χ3v) is 4.62. The lowest BCUT2D eigenvalue weighted by atomic mass is 9.82. The molecule has 0 saturated heterocycles. The van der Waals surface area contributed by atoms with E-state index in [1.807, 2.05) is 50.3 Å². The van der Waals surface area contributed by atoms with Crippen LogP contribution in [0, 0.1) is 5.92 Å². The summed E-state index contributed by atoms with van der Waals surface area (Å²) in [4.78, 5) is 12.7. The van der Waals surface area contributed by atoms with Crippen LogP contribution in [0.15, 0.2) is 46.0 Å². The van der Waals surface area contributed by atoms with Crippen LogP contribution in [0.3, 0.4) is 0 Å². The second kappa shape index (κ2) is 7.74. The first kappa shape index (κ1) is 16.2. The average Bonchev–Trinajstić information content (AvgIpc) is 2.49. The summed E-state index contributed by atoms with van der Waals surface area (Å²) in [7, 11) is 0. The van der Waals surface area contributed by atoms with E-state index in [4.69, 9.17) is 0 Å². The molecule has 0 aliphatic heterocycles. The summed E-state index contributed by atoms with van der Waals surface area (Å²) in [5, 5.41) is 0. The molecular weight excluding hydrogens is 324 g/mol. The van der Waals surface area contributed by atoms with Gasteiger partial charge in [0.15, 0.2) is 5.78 Å². The molecule has 1 aliphatic rings. The van der Waals surface area contributed by atoms with Gasteiger partial charge in [-0.3, -0.25) is 4.79 Å². The first-order chi connectivity index (χ1) is 10.1. The molecule has 1 saturated carbocycles.